The molecule has 1 aromatic rings. The van der Waals surface area contributed by atoms with E-state index >= 15 is 0 Å². The molecule has 4 heteroatoms. The monoisotopic (exact) mass is 293 g/mol. The van der Waals surface area contributed by atoms with Crippen molar-refractivity contribution in [3.05, 3.63) is 35.9 Å². The van der Waals surface area contributed by atoms with Gasteiger partial charge in [0.25, 0.3) is 0 Å². The molecule has 1 N–H and O–H groups in total. The summed E-state index contributed by atoms with van der Waals surface area (Å²) < 4.78 is 0. The van der Waals surface area contributed by atoms with Crippen LogP contribution in [0.1, 0.15) is 32.8 Å². The number of carbonyl (C=O) groups is 1. The number of thioether (sulfide) groups is 1. The molecule has 3 nitrogen and oxygen atoms in total. The van der Waals surface area contributed by atoms with E-state index in [2.05, 4.69) is 13.8 Å². The van der Waals surface area contributed by atoms with Crippen molar-refractivity contribution in [3.8, 4) is 0 Å². The minimum atomic E-state index is -1.11. The summed E-state index contributed by atoms with van der Waals surface area (Å²) in [7, 11) is 0. The van der Waals surface area contributed by atoms with Crippen molar-refractivity contribution in [2.24, 2.45) is 0 Å². The van der Waals surface area contributed by atoms with Gasteiger partial charge >= 0.3 is 0 Å². The van der Waals surface area contributed by atoms with Crippen LogP contribution in [-0.4, -0.2) is 39.5 Å². The Morgan fingerprint density at radius 2 is 2.05 bits per heavy atom. The fourth-order valence-electron chi connectivity index (χ4n) is 2.58. The molecular formula is C16H23NO2S. The second-order valence-electron chi connectivity index (χ2n) is 5.72. The lowest BCUT2D eigenvalue weighted by Gasteiger charge is -2.39. The van der Waals surface area contributed by atoms with Gasteiger partial charge in [0.2, 0.25) is 5.91 Å². The van der Waals surface area contributed by atoms with Crippen LogP contribution in [0.2, 0.25) is 0 Å². The van der Waals surface area contributed by atoms with Gasteiger partial charge in [-0.1, -0.05) is 37.3 Å². The Balaban J connectivity index is 2.07. The van der Waals surface area contributed by atoms with Gasteiger partial charge in [-0.25, -0.2) is 0 Å². The van der Waals surface area contributed by atoms with Crippen LogP contribution < -0.4 is 0 Å². The second-order valence-corrected chi connectivity index (χ2v) is 7.21. The van der Waals surface area contributed by atoms with Gasteiger partial charge in [-0.2, -0.15) is 11.8 Å². The van der Waals surface area contributed by atoms with Gasteiger partial charge in [-0.3, -0.25) is 4.79 Å². The lowest BCUT2D eigenvalue weighted by Crippen LogP contribution is -2.49. The molecule has 1 amide bonds. The molecule has 0 aliphatic carbocycles. The third-order valence-electron chi connectivity index (χ3n) is 4.10. The van der Waals surface area contributed by atoms with E-state index in [1.807, 2.05) is 47.0 Å². The molecule has 2 rings (SSSR count). The molecule has 20 heavy (non-hydrogen) atoms. The van der Waals surface area contributed by atoms with E-state index in [0.29, 0.717) is 5.25 Å². The molecule has 1 aromatic carbocycles. The average Bonchev–Trinajstić information content (AvgIpc) is 2.42. The van der Waals surface area contributed by atoms with Crippen molar-refractivity contribution < 1.29 is 9.90 Å². The number of benzene rings is 1. The number of hydrogen-bond acceptors (Lipinski definition) is 3. The Morgan fingerprint density at radius 1 is 1.40 bits per heavy atom. The standard InChI is InChI=1S/C16H23NO2S/c1-12-13(2)20-10-9-17(12)15(18)11-16(3,19)14-7-5-4-6-8-14/h4-8,12-13,19H,9-11H2,1-3H3. The third-order valence-corrected chi connectivity index (χ3v) is 5.43. The zero-order chi connectivity index (χ0) is 14.8. The smallest absolute Gasteiger partial charge is 0.226 e. The van der Waals surface area contributed by atoms with Crippen LogP contribution in [0.25, 0.3) is 0 Å². The van der Waals surface area contributed by atoms with Gasteiger partial charge < -0.3 is 10.0 Å². The fourth-order valence-corrected chi connectivity index (χ4v) is 3.68. The van der Waals surface area contributed by atoms with E-state index in [9.17, 15) is 9.90 Å². The summed E-state index contributed by atoms with van der Waals surface area (Å²) in [6.45, 7) is 6.74. The Morgan fingerprint density at radius 3 is 2.70 bits per heavy atom. The summed E-state index contributed by atoms with van der Waals surface area (Å²) in [6, 6.07) is 9.64. The number of carbonyl (C=O) groups excluding carboxylic acids is 1. The first-order valence-electron chi connectivity index (χ1n) is 7.11. The van der Waals surface area contributed by atoms with Crippen molar-refractivity contribution >= 4 is 17.7 Å². The fraction of sp³-hybridized carbons (Fsp3) is 0.562. The average molecular weight is 293 g/mol. The van der Waals surface area contributed by atoms with Crippen LogP contribution in [-0.2, 0) is 10.4 Å². The number of aliphatic hydroxyl groups is 1. The van der Waals surface area contributed by atoms with Gasteiger partial charge in [-0.05, 0) is 19.4 Å². The molecule has 0 aromatic heterocycles. The zero-order valence-corrected chi connectivity index (χ0v) is 13.2. The molecule has 0 spiro atoms. The molecule has 0 radical (unpaired) electrons. The van der Waals surface area contributed by atoms with E-state index in [1.54, 1.807) is 6.92 Å². The Bertz CT molecular complexity index is 461. The molecule has 3 unspecified atom stereocenters. The maximum atomic E-state index is 12.5. The maximum absolute atomic E-state index is 12.5. The van der Waals surface area contributed by atoms with Crippen LogP contribution in [0.15, 0.2) is 30.3 Å². The van der Waals surface area contributed by atoms with E-state index in [4.69, 9.17) is 0 Å². The SMILES string of the molecule is CC1SCCN(C(=O)CC(C)(O)c2ccccc2)C1C. The van der Waals surface area contributed by atoms with E-state index < -0.39 is 5.60 Å². The second kappa shape index (κ2) is 6.19. The first-order valence-corrected chi connectivity index (χ1v) is 8.15. The largest absolute Gasteiger partial charge is 0.385 e. The molecule has 1 aliphatic heterocycles. The van der Waals surface area contributed by atoms with Crippen LogP contribution in [0.4, 0.5) is 0 Å². The van der Waals surface area contributed by atoms with E-state index in [-0.39, 0.29) is 18.4 Å². The highest BCUT2D eigenvalue weighted by molar-refractivity contribution is 8.00. The van der Waals surface area contributed by atoms with Gasteiger partial charge in [0.15, 0.2) is 0 Å². The molecule has 3 atom stereocenters. The summed E-state index contributed by atoms with van der Waals surface area (Å²) >= 11 is 1.91. The third kappa shape index (κ3) is 3.36. The lowest BCUT2D eigenvalue weighted by atomic mass is 9.91. The number of nitrogens with zero attached hydrogens (tertiary/aromatic N) is 1. The van der Waals surface area contributed by atoms with Crippen molar-refractivity contribution in [3.63, 3.8) is 0 Å². The summed E-state index contributed by atoms with van der Waals surface area (Å²) in [5.41, 5.74) is -0.313. The molecule has 1 heterocycles. The number of rotatable bonds is 3. The predicted octanol–water partition coefficient (Wildman–Crippen LogP) is 2.64. The van der Waals surface area contributed by atoms with Crippen LogP contribution in [0.3, 0.4) is 0 Å². The molecule has 0 saturated carbocycles. The van der Waals surface area contributed by atoms with Crippen molar-refractivity contribution in [1.82, 2.24) is 4.90 Å². The first-order chi connectivity index (χ1) is 9.42. The summed E-state index contributed by atoms with van der Waals surface area (Å²) in [4.78, 5) is 14.4. The van der Waals surface area contributed by atoms with Gasteiger partial charge in [0.1, 0.15) is 0 Å². The molecule has 0 bridgehead atoms. The lowest BCUT2D eigenvalue weighted by molar-refractivity contribution is -0.138. The highest BCUT2D eigenvalue weighted by Gasteiger charge is 2.33. The minimum Gasteiger partial charge on any atom is -0.385 e. The van der Waals surface area contributed by atoms with Crippen molar-refractivity contribution in [2.75, 3.05) is 12.3 Å². The zero-order valence-electron chi connectivity index (χ0n) is 12.4. The van der Waals surface area contributed by atoms with Crippen LogP contribution in [0, 0.1) is 0 Å². The Hall–Kier alpha value is -1.00. The molecule has 1 aliphatic rings. The predicted molar refractivity (Wildman–Crippen MR) is 83.7 cm³/mol. The van der Waals surface area contributed by atoms with Crippen LogP contribution in [0.5, 0.6) is 0 Å². The quantitative estimate of drug-likeness (QED) is 0.931. The highest BCUT2D eigenvalue weighted by atomic mass is 32.2. The number of amides is 1. The van der Waals surface area contributed by atoms with Gasteiger partial charge in [0, 0.05) is 23.6 Å². The molecule has 1 fully saturated rings. The molecule has 1 saturated heterocycles. The topological polar surface area (TPSA) is 40.5 Å². The summed E-state index contributed by atoms with van der Waals surface area (Å²) in [5, 5.41) is 11.0. The molecule has 110 valence electrons. The highest BCUT2D eigenvalue weighted by Crippen LogP contribution is 2.29. The van der Waals surface area contributed by atoms with E-state index in [1.165, 1.54) is 0 Å². The van der Waals surface area contributed by atoms with Crippen molar-refractivity contribution in [2.45, 2.75) is 44.1 Å². The van der Waals surface area contributed by atoms with Gasteiger partial charge in [-0.15, -0.1) is 0 Å². The minimum absolute atomic E-state index is 0.0403. The maximum Gasteiger partial charge on any atom is 0.226 e. The van der Waals surface area contributed by atoms with Gasteiger partial charge in [0.05, 0.1) is 12.0 Å². The summed E-state index contributed by atoms with van der Waals surface area (Å²) in [5.74, 6) is 1.02. The van der Waals surface area contributed by atoms with Crippen molar-refractivity contribution in [1.29, 1.82) is 0 Å². The summed E-state index contributed by atoms with van der Waals surface area (Å²) in [6.07, 6.45) is 0.138. The molecular weight excluding hydrogens is 270 g/mol. The van der Waals surface area contributed by atoms with E-state index in [0.717, 1.165) is 17.9 Å². The van der Waals surface area contributed by atoms with Crippen LogP contribution >= 0.6 is 11.8 Å². The number of hydrogen-bond donors (Lipinski definition) is 1. The Labute approximate surface area is 125 Å². The first kappa shape index (κ1) is 15.4. The Kier molecular flexibility index (Phi) is 4.76. The normalized spacial score (nSPS) is 26.1.